The molecule has 6 heteroatoms. The molecule has 0 saturated heterocycles. The Morgan fingerprint density at radius 1 is 1.50 bits per heavy atom. The zero-order chi connectivity index (χ0) is 15.0. The number of guanidine groups is 1. The Morgan fingerprint density at radius 2 is 2.25 bits per heavy atom. The van der Waals surface area contributed by atoms with Gasteiger partial charge in [0, 0.05) is 29.7 Å². The number of ether oxygens (including phenoxy) is 1. The smallest absolute Gasteiger partial charge is 0.191 e. The van der Waals surface area contributed by atoms with Crippen LogP contribution in [0, 0.1) is 5.82 Å². The molecular weight excluding hydrogens is 325 g/mol. The third-order valence-corrected chi connectivity index (χ3v) is 3.06. The number of hydrogen-bond donors (Lipinski definition) is 2. The minimum Gasteiger partial charge on any atom is -0.383 e. The number of rotatable bonds is 6. The number of aliphatic imine (C=N–C) groups is 1. The predicted octanol–water partition coefficient (Wildman–Crippen LogP) is 2.68. The zero-order valence-electron chi connectivity index (χ0n) is 12.0. The van der Waals surface area contributed by atoms with E-state index >= 15 is 0 Å². The second kappa shape index (κ2) is 8.92. The summed E-state index contributed by atoms with van der Waals surface area (Å²) in [4.78, 5) is 4.38. The van der Waals surface area contributed by atoms with Gasteiger partial charge in [-0.2, -0.15) is 0 Å². The lowest BCUT2D eigenvalue weighted by Crippen LogP contribution is -2.43. The van der Waals surface area contributed by atoms with E-state index in [1.54, 1.807) is 13.2 Å². The number of methoxy groups -OCH3 is 1. The Kier molecular flexibility index (Phi) is 7.54. The first-order valence-electron chi connectivity index (χ1n) is 6.54. The molecule has 0 spiro atoms. The molecule has 0 radical (unpaired) electrons. The van der Waals surface area contributed by atoms with Crippen LogP contribution in [0.5, 0.6) is 0 Å². The van der Waals surface area contributed by atoms with E-state index in [1.807, 2.05) is 19.9 Å². The van der Waals surface area contributed by atoms with Crippen molar-refractivity contribution in [1.29, 1.82) is 0 Å². The van der Waals surface area contributed by atoms with Crippen LogP contribution in [0.3, 0.4) is 0 Å². The molecule has 2 N–H and O–H groups in total. The fourth-order valence-corrected chi connectivity index (χ4v) is 1.99. The highest BCUT2D eigenvalue weighted by Gasteiger charge is 2.06. The van der Waals surface area contributed by atoms with Crippen molar-refractivity contribution in [3.8, 4) is 0 Å². The third-order valence-electron chi connectivity index (χ3n) is 2.57. The molecule has 20 heavy (non-hydrogen) atoms. The van der Waals surface area contributed by atoms with E-state index in [4.69, 9.17) is 4.74 Å². The first-order valence-corrected chi connectivity index (χ1v) is 7.33. The summed E-state index contributed by atoms with van der Waals surface area (Å²) >= 11 is 3.24. The fourth-order valence-electron chi connectivity index (χ4n) is 1.66. The van der Waals surface area contributed by atoms with Crippen LogP contribution in [-0.2, 0) is 11.3 Å². The average molecular weight is 346 g/mol. The zero-order valence-corrected chi connectivity index (χ0v) is 13.6. The monoisotopic (exact) mass is 345 g/mol. The van der Waals surface area contributed by atoms with E-state index in [0.29, 0.717) is 18.1 Å². The molecule has 0 aromatic heterocycles. The molecule has 0 bridgehead atoms. The van der Waals surface area contributed by atoms with Crippen LogP contribution in [0.1, 0.15) is 19.4 Å². The number of benzene rings is 1. The number of halogens is 2. The molecule has 0 aliphatic carbocycles. The van der Waals surface area contributed by atoms with Crippen molar-refractivity contribution in [1.82, 2.24) is 10.6 Å². The molecule has 1 aromatic carbocycles. The largest absolute Gasteiger partial charge is 0.383 e. The van der Waals surface area contributed by atoms with Crippen LogP contribution < -0.4 is 10.6 Å². The highest BCUT2D eigenvalue weighted by atomic mass is 79.9. The molecule has 1 atom stereocenters. The molecule has 0 amide bonds. The molecule has 0 aliphatic heterocycles. The van der Waals surface area contributed by atoms with Gasteiger partial charge < -0.3 is 15.4 Å². The van der Waals surface area contributed by atoms with Crippen molar-refractivity contribution in [3.05, 3.63) is 34.1 Å². The van der Waals surface area contributed by atoms with E-state index in [9.17, 15) is 4.39 Å². The number of hydrogen-bond acceptors (Lipinski definition) is 2. The van der Waals surface area contributed by atoms with E-state index in [1.165, 1.54) is 6.07 Å². The second-order valence-corrected chi connectivity index (χ2v) is 5.35. The van der Waals surface area contributed by atoms with Gasteiger partial charge in [-0.1, -0.05) is 22.0 Å². The maximum atomic E-state index is 13.7. The van der Waals surface area contributed by atoms with Crippen LogP contribution in [0.4, 0.5) is 4.39 Å². The average Bonchev–Trinajstić information content (AvgIpc) is 2.38. The number of nitrogens with zero attached hydrogens (tertiary/aromatic N) is 1. The van der Waals surface area contributed by atoms with Crippen molar-refractivity contribution < 1.29 is 9.13 Å². The molecule has 0 saturated carbocycles. The van der Waals surface area contributed by atoms with Gasteiger partial charge in [-0.25, -0.2) is 9.38 Å². The normalized spacial score (nSPS) is 13.2. The van der Waals surface area contributed by atoms with Gasteiger partial charge in [-0.15, -0.1) is 0 Å². The third kappa shape index (κ3) is 5.88. The molecule has 1 rings (SSSR count). The van der Waals surface area contributed by atoms with Crippen LogP contribution in [0.25, 0.3) is 0 Å². The summed E-state index contributed by atoms with van der Waals surface area (Å²) in [5, 5.41) is 6.33. The second-order valence-electron chi connectivity index (χ2n) is 4.43. The molecule has 0 heterocycles. The van der Waals surface area contributed by atoms with E-state index in [-0.39, 0.29) is 18.4 Å². The van der Waals surface area contributed by atoms with Crippen molar-refractivity contribution in [2.75, 3.05) is 20.3 Å². The number of nitrogens with one attached hydrogen (secondary N) is 2. The molecule has 112 valence electrons. The fraction of sp³-hybridized carbons (Fsp3) is 0.500. The molecule has 0 aliphatic rings. The Labute approximate surface area is 127 Å². The van der Waals surface area contributed by atoms with Gasteiger partial charge in [0.1, 0.15) is 5.82 Å². The molecule has 0 fully saturated rings. The summed E-state index contributed by atoms with van der Waals surface area (Å²) in [6.07, 6.45) is 0. The van der Waals surface area contributed by atoms with Gasteiger partial charge in [0.15, 0.2) is 5.96 Å². The maximum absolute atomic E-state index is 13.7. The van der Waals surface area contributed by atoms with Crippen molar-refractivity contribution in [3.63, 3.8) is 0 Å². The summed E-state index contributed by atoms with van der Waals surface area (Å²) < 4.78 is 19.5. The predicted molar refractivity (Wildman–Crippen MR) is 83.4 cm³/mol. The van der Waals surface area contributed by atoms with E-state index < -0.39 is 0 Å². The lowest BCUT2D eigenvalue weighted by atomic mass is 10.2. The van der Waals surface area contributed by atoms with Gasteiger partial charge in [0.2, 0.25) is 0 Å². The van der Waals surface area contributed by atoms with Gasteiger partial charge in [0.05, 0.1) is 13.2 Å². The van der Waals surface area contributed by atoms with Crippen molar-refractivity contribution in [2.45, 2.75) is 26.4 Å². The molecule has 1 unspecified atom stereocenters. The minimum atomic E-state index is -0.260. The van der Waals surface area contributed by atoms with E-state index in [2.05, 4.69) is 31.6 Å². The summed E-state index contributed by atoms with van der Waals surface area (Å²) in [7, 11) is 1.65. The molecule has 4 nitrogen and oxygen atoms in total. The van der Waals surface area contributed by atoms with Crippen LogP contribution in [0.15, 0.2) is 27.7 Å². The highest BCUT2D eigenvalue weighted by molar-refractivity contribution is 9.10. The molecule has 1 aromatic rings. The lowest BCUT2D eigenvalue weighted by molar-refractivity contribution is 0.179. The topological polar surface area (TPSA) is 45.7 Å². The minimum absolute atomic E-state index is 0.132. The standard InChI is InChI=1S/C14H21BrFN3O/c1-4-17-14(19-10(2)9-20-3)18-8-11-5-6-12(15)7-13(11)16/h5-7,10H,4,8-9H2,1-3H3,(H2,17,18,19). The Bertz CT molecular complexity index is 454. The summed E-state index contributed by atoms with van der Waals surface area (Å²) in [5.41, 5.74) is 0.560. The highest BCUT2D eigenvalue weighted by Crippen LogP contribution is 2.15. The summed E-state index contributed by atoms with van der Waals surface area (Å²) in [5.74, 6) is 0.392. The summed E-state index contributed by atoms with van der Waals surface area (Å²) in [6, 6.07) is 5.11. The van der Waals surface area contributed by atoms with Gasteiger partial charge in [-0.05, 0) is 26.0 Å². The Hall–Kier alpha value is -1.14. The van der Waals surface area contributed by atoms with Crippen LogP contribution in [-0.4, -0.2) is 32.3 Å². The van der Waals surface area contributed by atoms with Gasteiger partial charge >= 0.3 is 0 Å². The van der Waals surface area contributed by atoms with E-state index in [0.717, 1.165) is 11.0 Å². The first-order chi connectivity index (χ1) is 9.56. The van der Waals surface area contributed by atoms with Gasteiger partial charge in [-0.3, -0.25) is 0 Å². The lowest BCUT2D eigenvalue weighted by Gasteiger charge is -2.17. The first kappa shape index (κ1) is 16.9. The van der Waals surface area contributed by atoms with Crippen LogP contribution >= 0.6 is 15.9 Å². The maximum Gasteiger partial charge on any atom is 0.191 e. The Balaban J connectivity index is 2.70. The van der Waals surface area contributed by atoms with Crippen molar-refractivity contribution >= 4 is 21.9 Å². The Morgan fingerprint density at radius 3 is 2.85 bits per heavy atom. The molecular formula is C14H21BrFN3O. The quantitative estimate of drug-likeness (QED) is 0.615. The van der Waals surface area contributed by atoms with Crippen LogP contribution in [0.2, 0.25) is 0 Å². The van der Waals surface area contributed by atoms with Gasteiger partial charge in [0.25, 0.3) is 0 Å². The SMILES string of the molecule is CCNC(=NCc1ccc(Br)cc1F)NC(C)COC. The van der Waals surface area contributed by atoms with Crippen molar-refractivity contribution in [2.24, 2.45) is 4.99 Å². The summed E-state index contributed by atoms with van der Waals surface area (Å²) in [6.45, 7) is 5.59.